The number of nitrogens with one attached hydrogen (secondary N) is 1. The van der Waals surface area contributed by atoms with Gasteiger partial charge in [0.15, 0.2) is 0 Å². The van der Waals surface area contributed by atoms with E-state index in [1.807, 2.05) is 0 Å². The maximum absolute atomic E-state index is 3.63. The van der Waals surface area contributed by atoms with E-state index < -0.39 is 0 Å². The highest BCUT2D eigenvalue weighted by Crippen LogP contribution is 2.30. The molecule has 2 aliphatic rings. The molecular weight excluding hydrogens is 288 g/mol. The molecular formula is C15H21BrN2. The highest BCUT2D eigenvalue weighted by atomic mass is 79.9. The van der Waals surface area contributed by atoms with E-state index in [4.69, 9.17) is 0 Å². The Labute approximate surface area is 118 Å². The minimum Gasteiger partial charge on any atom is -0.371 e. The SMILES string of the molecule is CC1CCN(c2cc(Br)ccc2CNC2CC2)C1. The maximum atomic E-state index is 3.63. The van der Waals surface area contributed by atoms with Crippen LogP contribution in [-0.4, -0.2) is 19.1 Å². The molecule has 1 heterocycles. The molecule has 18 heavy (non-hydrogen) atoms. The van der Waals surface area contributed by atoms with Gasteiger partial charge in [-0.15, -0.1) is 0 Å². The monoisotopic (exact) mass is 308 g/mol. The molecule has 3 rings (SSSR count). The van der Waals surface area contributed by atoms with Crippen molar-refractivity contribution in [2.75, 3.05) is 18.0 Å². The third-order valence-electron chi connectivity index (χ3n) is 3.97. The van der Waals surface area contributed by atoms with Crippen molar-refractivity contribution in [1.29, 1.82) is 0 Å². The van der Waals surface area contributed by atoms with Crippen molar-refractivity contribution >= 4 is 21.6 Å². The summed E-state index contributed by atoms with van der Waals surface area (Å²) in [5, 5.41) is 3.63. The van der Waals surface area contributed by atoms with Crippen molar-refractivity contribution in [2.45, 2.75) is 38.8 Å². The number of hydrogen-bond acceptors (Lipinski definition) is 2. The predicted octanol–water partition coefficient (Wildman–Crippen LogP) is 3.55. The van der Waals surface area contributed by atoms with Crippen LogP contribution in [-0.2, 0) is 6.54 Å². The molecule has 0 aromatic heterocycles. The van der Waals surface area contributed by atoms with Gasteiger partial charge < -0.3 is 10.2 Å². The Balaban J connectivity index is 1.78. The second kappa shape index (κ2) is 5.22. The van der Waals surface area contributed by atoms with E-state index in [2.05, 4.69) is 51.3 Å². The summed E-state index contributed by atoms with van der Waals surface area (Å²) < 4.78 is 1.19. The first-order chi connectivity index (χ1) is 8.72. The average Bonchev–Trinajstić information content (AvgIpc) is 3.09. The second-order valence-corrected chi connectivity index (χ2v) is 6.68. The standard InChI is InChI=1S/C15H21BrN2/c1-11-6-7-18(10-11)15-8-13(16)3-2-12(15)9-17-14-4-5-14/h2-3,8,11,14,17H,4-7,9-10H2,1H3. The molecule has 0 bridgehead atoms. The predicted molar refractivity (Wildman–Crippen MR) is 80.0 cm³/mol. The highest BCUT2D eigenvalue weighted by Gasteiger charge is 2.23. The first-order valence-corrected chi connectivity index (χ1v) is 7.78. The molecule has 1 saturated heterocycles. The zero-order chi connectivity index (χ0) is 12.5. The van der Waals surface area contributed by atoms with Crippen LogP contribution < -0.4 is 10.2 Å². The zero-order valence-electron chi connectivity index (χ0n) is 11.0. The molecule has 1 aromatic rings. The molecule has 1 aliphatic heterocycles. The molecule has 0 spiro atoms. The van der Waals surface area contributed by atoms with Crippen molar-refractivity contribution in [3.05, 3.63) is 28.2 Å². The molecule has 2 nitrogen and oxygen atoms in total. The van der Waals surface area contributed by atoms with Crippen molar-refractivity contribution in [3.8, 4) is 0 Å². The molecule has 0 amide bonds. The number of nitrogens with zero attached hydrogens (tertiary/aromatic N) is 1. The topological polar surface area (TPSA) is 15.3 Å². The van der Waals surface area contributed by atoms with Crippen LogP contribution >= 0.6 is 15.9 Å². The van der Waals surface area contributed by atoms with Gasteiger partial charge in [-0.3, -0.25) is 0 Å². The number of halogens is 1. The highest BCUT2D eigenvalue weighted by molar-refractivity contribution is 9.10. The van der Waals surface area contributed by atoms with Gasteiger partial charge in [-0.25, -0.2) is 0 Å². The van der Waals surface area contributed by atoms with Gasteiger partial charge in [0.2, 0.25) is 0 Å². The number of hydrogen-bond donors (Lipinski definition) is 1. The van der Waals surface area contributed by atoms with Gasteiger partial charge >= 0.3 is 0 Å². The Morgan fingerprint density at radius 3 is 2.83 bits per heavy atom. The van der Waals surface area contributed by atoms with Gasteiger partial charge in [0.1, 0.15) is 0 Å². The largest absolute Gasteiger partial charge is 0.371 e. The fourth-order valence-corrected chi connectivity index (χ4v) is 3.03. The third-order valence-corrected chi connectivity index (χ3v) is 4.46. The normalized spacial score (nSPS) is 23.7. The van der Waals surface area contributed by atoms with E-state index >= 15 is 0 Å². The van der Waals surface area contributed by atoms with E-state index in [0.717, 1.165) is 18.5 Å². The van der Waals surface area contributed by atoms with E-state index in [-0.39, 0.29) is 0 Å². The van der Waals surface area contributed by atoms with Crippen LogP contribution in [0.5, 0.6) is 0 Å². The van der Waals surface area contributed by atoms with E-state index in [0.29, 0.717) is 0 Å². The summed E-state index contributed by atoms with van der Waals surface area (Å²) in [7, 11) is 0. The van der Waals surface area contributed by atoms with Crippen LogP contribution in [0.3, 0.4) is 0 Å². The molecule has 98 valence electrons. The van der Waals surface area contributed by atoms with Crippen LogP contribution in [0.4, 0.5) is 5.69 Å². The van der Waals surface area contributed by atoms with Gasteiger partial charge in [0.25, 0.3) is 0 Å². The van der Waals surface area contributed by atoms with Crippen molar-refractivity contribution in [3.63, 3.8) is 0 Å². The Bertz CT molecular complexity index is 429. The van der Waals surface area contributed by atoms with Crippen molar-refractivity contribution in [2.24, 2.45) is 5.92 Å². The first kappa shape index (κ1) is 12.5. The molecule has 1 unspecified atom stereocenters. The van der Waals surface area contributed by atoms with Crippen LogP contribution in [0.1, 0.15) is 31.7 Å². The Kier molecular flexibility index (Phi) is 3.62. The lowest BCUT2D eigenvalue weighted by Crippen LogP contribution is -2.23. The summed E-state index contributed by atoms with van der Waals surface area (Å²) in [6.07, 6.45) is 4.03. The summed E-state index contributed by atoms with van der Waals surface area (Å²) in [4.78, 5) is 2.54. The van der Waals surface area contributed by atoms with Gasteiger partial charge in [0.05, 0.1) is 0 Å². The molecule has 1 atom stereocenters. The number of anilines is 1. The van der Waals surface area contributed by atoms with Gasteiger partial charge in [-0.05, 0) is 42.9 Å². The molecule has 1 aromatic carbocycles. The summed E-state index contributed by atoms with van der Waals surface area (Å²) in [5.74, 6) is 0.827. The maximum Gasteiger partial charge on any atom is 0.0423 e. The molecule has 1 N–H and O–H groups in total. The second-order valence-electron chi connectivity index (χ2n) is 5.77. The van der Waals surface area contributed by atoms with E-state index in [9.17, 15) is 0 Å². The molecule has 1 saturated carbocycles. The van der Waals surface area contributed by atoms with E-state index in [1.54, 1.807) is 0 Å². The fourth-order valence-electron chi connectivity index (χ4n) is 2.68. The first-order valence-electron chi connectivity index (χ1n) is 6.99. The van der Waals surface area contributed by atoms with Gasteiger partial charge in [0, 0.05) is 35.8 Å². The summed E-state index contributed by atoms with van der Waals surface area (Å²) in [6.45, 7) is 5.76. The van der Waals surface area contributed by atoms with Crippen molar-refractivity contribution in [1.82, 2.24) is 5.32 Å². The Hall–Kier alpha value is -0.540. The minimum absolute atomic E-state index is 0.777. The lowest BCUT2D eigenvalue weighted by molar-refractivity contribution is 0.658. The molecule has 3 heteroatoms. The van der Waals surface area contributed by atoms with Crippen molar-refractivity contribution < 1.29 is 0 Å². The summed E-state index contributed by atoms with van der Waals surface area (Å²) in [6, 6.07) is 7.48. The molecule has 0 radical (unpaired) electrons. The fraction of sp³-hybridized carbons (Fsp3) is 0.600. The van der Waals surface area contributed by atoms with Crippen LogP contribution in [0, 0.1) is 5.92 Å². The summed E-state index contributed by atoms with van der Waals surface area (Å²) >= 11 is 3.60. The Morgan fingerprint density at radius 1 is 1.33 bits per heavy atom. The number of rotatable bonds is 4. The average molecular weight is 309 g/mol. The summed E-state index contributed by atoms with van der Waals surface area (Å²) in [5.41, 5.74) is 2.86. The molecule has 2 fully saturated rings. The third kappa shape index (κ3) is 2.89. The minimum atomic E-state index is 0.777. The molecule has 1 aliphatic carbocycles. The smallest absolute Gasteiger partial charge is 0.0423 e. The number of benzene rings is 1. The quantitative estimate of drug-likeness (QED) is 0.915. The van der Waals surface area contributed by atoms with Gasteiger partial charge in [-0.1, -0.05) is 28.9 Å². The zero-order valence-corrected chi connectivity index (χ0v) is 12.5. The van der Waals surface area contributed by atoms with Crippen LogP contribution in [0.15, 0.2) is 22.7 Å². The van der Waals surface area contributed by atoms with Crippen LogP contribution in [0.25, 0.3) is 0 Å². The van der Waals surface area contributed by atoms with Crippen LogP contribution in [0.2, 0.25) is 0 Å². The Morgan fingerprint density at radius 2 is 2.17 bits per heavy atom. The lowest BCUT2D eigenvalue weighted by Gasteiger charge is -2.22. The lowest BCUT2D eigenvalue weighted by atomic mass is 10.1. The van der Waals surface area contributed by atoms with Gasteiger partial charge in [-0.2, -0.15) is 0 Å². The van der Waals surface area contributed by atoms with E-state index in [1.165, 1.54) is 48.1 Å².